The fourth-order valence-corrected chi connectivity index (χ4v) is 3.23. The Labute approximate surface area is 143 Å². The van der Waals surface area contributed by atoms with E-state index >= 15 is 0 Å². The van der Waals surface area contributed by atoms with Crippen LogP contribution in [0.25, 0.3) is 0 Å². The van der Waals surface area contributed by atoms with E-state index in [1.165, 1.54) is 11.6 Å². The van der Waals surface area contributed by atoms with Crippen LogP contribution in [-0.2, 0) is 25.5 Å². The standard InChI is InChI=1S/C19H25NO4/c1-4-22-17(21)11-10-15-18(16-13-23-19(2,3)24-16)20(15)12-14-8-6-5-7-9-14/h5-11,15-16,18H,4,12-13H2,1-3H3/b11-10+/t15-,16-,18-,20?/m1/s1. The molecule has 0 aliphatic carbocycles. The fraction of sp³-hybridized carbons (Fsp3) is 0.526. The summed E-state index contributed by atoms with van der Waals surface area (Å²) in [5.74, 6) is -0.840. The second kappa shape index (κ2) is 7.05. The first-order chi connectivity index (χ1) is 11.5. The second-order valence-corrected chi connectivity index (χ2v) is 6.62. The lowest BCUT2D eigenvalue weighted by Crippen LogP contribution is -2.26. The number of ether oxygens (including phenoxy) is 3. The molecule has 2 aliphatic heterocycles. The highest BCUT2D eigenvalue weighted by Crippen LogP contribution is 2.39. The Morgan fingerprint density at radius 1 is 1.38 bits per heavy atom. The minimum atomic E-state index is -0.541. The Morgan fingerprint density at radius 2 is 2.12 bits per heavy atom. The number of hydrogen-bond donors (Lipinski definition) is 0. The van der Waals surface area contributed by atoms with Crippen LogP contribution in [-0.4, -0.2) is 48.1 Å². The van der Waals surface area contributed by atoms with Crippen molar-refractivity contribution in [3.8, 4) is 0 Å². The Balaban J connectivity index is 1.68. The van der Waals surface area contributed by atoms with Crippen LogP contribution in [0.5, 0.6) is 0 Å². The van der Waals surface area contributed by atoms with Gasteiger partial charge in [0.25, 0.3) is 0 Å². The first-order valence-electron chi connectivity index (χ1n) is 8.46. The SMILES string of the molecule is CCOC(=O)/C=C/[C@@H]1[C@H]([C@H]2COC(C)(C)O2)N1Cc1ccccc1. The van der Waals surface area contributed by atoms with Crippen molar-refractivity contribution in [3.05, 3.63) is 48.0 Å². The van der Waals surface area contributed by atoms with Crippen LogP contribution >= 0.6 is 0 Å². The summed E-state index contributed by atoms with van der Waals surface area (Å²) in [7, 11) is 0. The third-order valence-corrected chi connectivity index (χ3v) is 4.36. The second-order valence-electron chi connectivity index (χ2n) is 6.62. The van der Waals surface area contributed by atoms with Crippen molar-refractivity contribution in [1.82, 2.24) is 4.90 Å². The maximum Gasteiger partial charge on any atom is 0.330 e. The minimum absolute atomic E-state index is 0.0144. The van der Waals surface area contributed by atoms with Gasteiger partial charge in [0.1, 0.15) is 6.10 Å². The van der Waals surface area contributed by atoms with Gasteiger partial charge in [-0.1, -0.05) is 36.4 Å². The first kappa shape index (κ1) is 17.1. The van der Waals surface area contributed by atoms with Crippen LogP contribution in [0, 0.1) is 0 Å². The van der Waals surface area contributed by atoms with E-state index in [1.54, 1.807) is 6.92 Å². The number of carbonyl (C=O) groups excluding carboxylic acids is 1. The average Bonchev–Trinajstić information content (AvgIpc) is 3.10. The van der Waals surface area contributed by atoms with Crippen molar-refractivity contribution in [2.45, 2.75) is 51.3 Å². The van der Waals surface area contributed by atoms with Gasteiger partial charge in [-0.2, -0.15) is 0 Å². The van der Waals surface area contributed by atoms with E-state index in [2.05, 4.69) is 17.0 Å². The average molecular weight is 331 g/mol. The molecule has 1 unspecified atom stereocenters. The van der Waals surface area contributed by atoms with Gasteiger partial charge >= 0.3 is 5.97 Å². The van der Waals surface area contributed by atoms with E-state index in [4.69, 9.17) is 14.2 Å². The van der Waals surface area contributed by atoms with E-state index in [9.17, 15) is 4.79 Å². The summed E-state index contributed by atoms with van der Waals surface area (Å²) in [6.07, 6.45) is 3.45. The van der Waals surface area contributed by atoms with Gasteiger partial charge in [0.05, 0.1) is 19.3 Å². The molecule has 0 radical (unpaired) electrons. The maximum atomic E-state index is 11.6. The van der Waals surface area contributed by atoms with Gasteiger partial charge < -0.3 is 14.2 Å². The third kappa shape index (κ3) is 4.04. The van der Waals surface area contributed by atoms with E-state index in [0.717, 1.165) is 6.54 Å². The van der Waals surface area contributed by atoms with Gasteiger partial charge in [0.15, 0.2) is 5.79 Å². The number of benzene rings is 1. The van der Waals surface area contributed by atoms with Crippen molar-refractivity contribution < 1.29 is 19.0 Å². The number of esters is 1. The van der Waals surface area contributed by atoms with Crippen molar-refractivity contribution in [3.63, 3.8) is 0 Å². The van der Waals surface area contributed by atoms with Gasteiger partial charge in [-0.15, -0.1) is 0 Å². The monoisotopic (exact) mass is 331 g/mol. The van der Waals surface area contributed by atoms with Crippen LogP contribution < -0.4 is 0 Å². The Morgan fingerprint density at radius 3 is 2.75 bits per heavy atom. The smallest absolute Gasteiger partial charge is 0.330 e. The summed E-state index contributed by atoms with van der Waals surface area (Å²) in [6.45, 7) is 7.45. The molecule has 2 aliphatic rings. The summed E-state index contributed by atoms with van der Waals surface area (Å²) in [5.41, 5.74) is 1.24. The highest BCUT2D eigenvalue weighted by molar-refractivity contribution is 5.82. The molecule has 24 heavy (non-hydrogen) atoms. The zero-order valence-corrected chi connectivity index (χ0v) is 14.5. The molecular formula is C19H25NO4. The Bertz CT molecular complexity index is 599. The van der Waals surface area contributed by atoms with Gasteiger partial charge in [-0.3, -0.25) is 4.90 Å². The number of carbonyl (C=O) groups is 1. The molecular weight excluding hydrogens is 306 g/mol. The van der Waals surface area contributed by atoms with E-state index in [1.807, 2.05) is 38.1 Å². The number of rotatable bonds is 6. The molecule has 5 nitrogen and oxygen atoms in total. The lowest BCUT2D eigenvalue weighted by atomic mass is 10.2. The number of hydrogen-bond acceptors (Lipinski definition) is 5. The van der Waals surface area contributed by atoms with Gasteiger partial charge in [-0.25, -0.2) is 4.79 Å². The molecule has 5 heteroatoms. The zero-order chi connectivity index (χ0) is 17.2. The van der Waals surface area contributed by atoms with Crippen molar-refractivity contribution in [2.75, 3.05) is 13.2 Å². The Kier molecular flexibility index (Phi) is 5.04. The van der Waals surface area contributed by atoms with Crippen molar-refractivity contribution in [1.29, 1.82) is 0 Å². The number of nitrogens with zero attached hydrogens (tertiary/aromatic N) is 1. The lowest BCUT2D eigenvalue weighted by molar-refractivity contribution is -0.139. The van der Waals surface area contributed by atoms with Gasteiger partial charge in [0, 0.05) is 18.7 Å². The molecule has 2 saturated heterocycles. The largest absolute Gasteiger partial charge is 0.463 e. The summed E-state index contributed by atoms with van der Waals surface area (Å²) in [4.78, 5) is 13.9. The van der Waals surface area contributed by atoms with Gasteiger partial charge in [-0.05, 0) is 26.3 Å². The topological polar surface area (TPSA) is 47.8 Å². The van der Waals surface area contributed by atoms with Crippen LogP contribution in [0.4, 0.5) is 0 Å². The molecule has 1 aromatic rings. The van der Waals surface area contributed by atoms with Crippen LogP contribution in [0.15, 0.2) is 42.5 Å². The molecule has 2 fully saturated rings. The highest BCUT2D eigenvalue weighted by atomic mass is 16.7. The molecule has 130 valence electrons. The van der Waals surface area contributed by atoms with Crippen LogP contribution in [0.3, 0.4) is 0 Å². The van der Waals surface area contributed by atoms with E-state index in [-0.39, 0.29) is 24.2 Å². The molecule has 0 bridgehead atoms. The molecule has 0 spiro atoms. The predicted molar refractivity (Wildman–Crippen MR) is 90.2 cm³/mol. The zero-order valence-electron chi connectivity index (χ0n) is 14.5. The first-order valence-corrected chi connectivity index (χ1v) is 8.46. The van der Waals surface area contributed by atoms with Crippen molar-refractivity contribution >= 4 is 5.97 Å². The molecule has 1 aromatic carbocycles. The quantitative estimate of drug-likeness (QED) is 0.455. The highest BCUT2D eigenvalue weighted by Gasteiger charge is 2.54. The Hall–Kier alpha value is -1.69. The minimum Gasteiger partial charge on any atom is -0.463 e. The van der Waals surface area contributed by atoms with Crippen LogP contribution in [0.1, 0.15) is 26.3 Å². The molecule has 2 heterocycles. The molecule has 0 N–H and O–H groups in total. The molecule has 0 aromatic heterocycles. The molecule has 0 amide bonds. The molecule has 4 atom stereocenters. The predicted octanol–water partition coefficient (Wildman–Crippen LogP) is 2.51. The maximum absolute atomic E-state index is 11.6. The van der Waals surface area contributed by atoms with Gasteiger partial charge in [0.2, 0.25) is 0 Å². The summed E-state index contributed by atoms with van der Waals surface area (Å²) in [6, 6.07) is 10.7. The summed E-state index contributed by atoms with van der Waals surface area (Å²) < 4.78 is 16.7. The normalized spacial score (nSPS) is 31.3. The van der Waals surface area contributed by atoms with E-state index in [0.29, 0.717) is 13.2 Å². The molecule has 0 saturated carbocycles. The summed E-state index contributed by atoms with van der Waals surface area (Å²) in [5, 5.41) is 0. The van der Waals surface area contributed by atoms with E-state index < -0.39 is 5.79 Å². The lowest BCUT2D eigenvalue weighted by Gasteiger charge is -2.17. The summed E-state index contributed by atoms with van der Waals surface area (Å²) >= 11 is 0. The van der Waals surface area contributed by atoms with Crippen LogP contribution in [0.2, 0.25) is 0 Å². The fourth-order valence-electron chi connectivity index (χ4n) is 3.23. The van der Waals surface area contributed by atoms with Crippen molar-refractivity contribution in [2.24, 2.45) is 0 Å². The third-order valence-electron chi connectivity index (χ3n) is 4.36. The molecule has 3 rings (SSSR count).